The van der Waals surface area contributed by atoms with E-state index in [1.165, 1.54) is 0 Å². The van der Waals surface area contributed by atoms with E-state index in [1.54, 1.807) is 38.5 Å². The first kappa shape index (κ1) is 20.6. The highest BCUT2D eigenvalue weighted by Crippen LogP contribution is 2.35. The summed E-state index contributed by atoms with van der Waals surface area (Å²) in [6, 6.07) is 18.2. The van der Waals surface area contributed by atoms with Crippen molar-refractivity contribution >= 4 is 34.2 Å². The molecular formula is C23H20ClN3O4. The van der Waals surface area contributed by atoms with E-state index in [1.807, 2.05) is 36.4 Å². The van der Waals surface area contributed by atoms with Crippen molar-refractivity contribution < 1.29 is 19.0 Å². The van der Waals surface area contributed by atoms with Crippen molar-refractivity contribution in [3.63, 3.8) is 0 Å². The molecular weight excluding hydrogens is 418 g/mol. The number of carbonyl (C=O) groups excluding carboxylic acids is 1. The average Bonchev–Trinajstić information content (AvgIpc) is 3.20. The standard InChI is InChI=1S/C23H20ClN3O4/c1-29-17-8-10-18(21(12-17)30-2)14-3-9-19-20(11-14)26-27-23(19)25-22(28)13-31-16-6-4-15(24)5-7-16/h3-12H,13H2,1-2H3,(H2,25,26,27,28). The monoisotopic (exact) mass is 437 g/mol. The number of carbonyl (C=O) groups is 1. The van der Waals surface area contributed by atoms with Crippen molar-refractivity contribution in [1.82, 2.24) is 10.2 Å². The number of rotatable bonds is 7. The molecule has 3 aromatic carbocycles. The number of aromatic amines is 1. The summed E-state index contributed by atoms with van der Waals surface area (Å²) >= 11 is 5.85. The Labute approximate surface area is 183 Å². The van der Waals surface area contributed by atoms with Crippen LogP contribution in [0.25, 0.3) is 22.0 Å². The third-order valence-corrected chi connectivity index (χ3v) is 4.98. The number of H-pyrrole nitrogens is 1. The van der Waals surface area contributed by atoms with Gasteiger partial charge in [-0.3, -0.25) is 9.89 Å². The third-order valence-electron chi connectivity index (χ3n) is 4.72. The van der Waals surface area contributed by atoms with Gasteiger partial charge in [-0.2, -0.15) is 5.10 Å². The summed E-state index contributed by atoms with van der Waals surface area (Å²) in [5.74, 6) is 2.10. The number of nitrogens with one attached hydrogen (secondary N) is 2. The summed E-state index contributed by atoms with van der Waals surface area (Å²) in [4.78, 5) is 12.3. The highest BCUT2D eigenvalue weighted by Gasteiger charge is 2.13. The molecule has 0 atom stereocenters. The van der Waals surface area contributed by atoms with Gasteiger partial charge < -0.3 is 19.5 Å². The molecule has 7 nitrogen and oxygen atoms in total. The predicted octanol–water partition coefficient (Wildman–Crippen LogP) is 4.92. The van der Waals surface area contributed by atoms with Gasteiger partial charge in [0.1, 0.15) is 17.2 Å². The molecule has 0 aliphatic heterocycles. The second-order valence-corrected chi connectivity index (χ2v) is 7.13. The van der Waals surface area contributed by atoms with Crippen LogP contribution >= 0.6 is 11.6 Å². The maximum Gasteiger partial charge on any atom is 0.263 e. The molecule has 4 aromatic rings. The number of methoxy groups -OCH3 is 2. The molecule has 0 bridgehead atoms. The smallest absolute Gasteiger partial charge is 0.263 e. The number of fused-ring (bicyclic) bond motifs is 1. The molecule has 0 spiro atoms. The van der Waals surface area contributed by atoms with Crippen molar-refractivity contribution in [2.24, 2.45) is 0 Å². The van der Waals surface area contributed by atoms with Crippen LogP contribution in [-0.2, 0) is 4.79 Å². The van der Waals surface area contributed by atoms with Crippen molar-refractivity contribution in [3.05, 3.63) is 65.7 Å². The zero-order chi connectivity index (χ0) is 21.8. The molecule has 158 valence electrons. The molecule has 8 heteroatoms. The number of nitrogens with zero attached hydrogens (tertiary/aromatic N) is 1. The van der Waals surface area contributed by atoms with E-state index in [2.05, 4.69) is 15.5 Å². The number of halogens is 1. The van der Waals surface area contributed by atoms with Crippen LogP contribution in [0.1, 0.15) is 0 Å². The Bertz CT molecular complexity index is 1220. The predicted molar refractivity (Wildman–Crippen MR) is 120 cm³/mol. The molecule has 0 aliphatic carbocycles. The molecule has 4 rings (SSSR count). The van der Waals surface area contributed by atoms with Gasteiger partial charge in [0.2, 0.25) is 0 Å². The lowest BCUT2D eigenvalue weighted by Crippen LogP contribution is -2.20. The van der Waals surface area contributed by atoms with Crippen LogP contribution in [0.3, 0.4) is 0 Å². The number of aromatic nitrogens is 2. The Balaban J connectivity index is 1.50. The maximum atomic E-state index is 12.3. The van der Waals surface area contributed by atoms with Gasteiger partial charge >= 0.3 is 0 Å². The van der Waals surface area contributed by atoms with Crippen LogP contribution in [0.5, 0.6) is 17.2 Å². The lowest BCUT2D eigenvalue weighted by molar-refractivity contribution is -0.118. The van der Waals surface area contributed by atoms with Crippen LogP contribution < -0.4 is 19.5 Å². The zero-order valence-electron chi connectivity index (χ0n) is 16.9. The molecule has 1 aromatic heterocycles. The van der Waals surface area contributed by atoms with Crippen LogP contribution in [-0.4, -0.2) is 36.9 Å². The third kappa shape index (κ3) is 4.57. The SMILES string of the molecule is COc1ccc(-c2ccc3c(NC(=O)COc4ccc(Cl)cc4)n[nH]c3c2)c(OC)c1. The van der Waals surface area contributed by atoms with Gasteiger partial charge in [-0.25, -0.2) is 0 Å². The average molecular weight is 438 g/mol. The topological polar surface area (TPSA) is 85.5 Å². The Morgan fingerprint density at radius 1 is 1.00 bits per heavy atom. The number of amides is 1. The molecule has 0 fully saturated rings. The zero-order valence-corrected chi connectivity index (χ0v) is 17.7. The van der Waals surface area contributed by atoms with Crippen LogP contribution in [0.15, 0.2) is 60.7 Å². The Hall–Kier alpha value is -3.71. The second kappa shape index (κ2) is 8.97. The van der Waals surface area contributed by atoms with Crippen molar-refractivity contribution in [3.8, 4) is 28.4 Å². The lowest BCUT2D eigenvalue weighted by atomic mass is 10.0. The molecule has 0 radical (unpaired) electrons. The molecule has 1 amide bonds. The molecule has 0 aliphatic rings. The quantitative estimate of drug-likeness (QED) is 0.428. The normalized spacial score (nSPS) is 10.7. The summed E-state index contributed by atoms with van der Waals surface area (Å²) in [6.45, 7) is -0.142. The van der Waals surface area contributed by atoms with Gasteiger partial charge in [-0.1, -0.05) is 17.7 Å². The van der Waals surface area contributed by atoms with E-state index >= 15 is 0 Å². The second-order valence-electron chi connectivity index (χ2n) is 6.69. The van der Waals surface area contributed by atoms with Crippen LogP contribution in [0.4, 0.5) is 5.82 Å². The molecule has 31 heavy (non-hydrogen) atoms. The van der Waals surface area contributed by atoms with Crippen LogP contribution in [0, 0.1) is 0 Å². The van der Waals surface area contributed by atoms with Gasteiger partial charge in [0.15, 0.2) is 12.4 Å². The molecule has 0 saturated carbocycles. The van der Waals surface area contributed by atoms with E-state index < -0.39 is 0 Å². The van der Waals surface area contributed by atoms with Crippen LogP contribution in [0.2, 0.25) is 5.02 Å². The minimum Gasteiger partial charge on any atom is -0.497 e. The van der Waals surface area contributed by atoms with E-state index in [4.69, 9.17) is 25.8 Å². The summed E-state index contributed by atoms with van der Waals surface area (Å²) in [5.41, 5.74) is 2.64. The highest BCUT2D eigenvalue weighted by molar-refractivity contribution is 6.30. The summed E-state index contributed by atoms with van der Waals surface area (Å²) in [6.07, 6.45) is 0. The van der Waals surface area contributed by atoms with Crippen molar-refractivity contribution in [2.75, 3.05) is 26.1 Å². The number of hydrogen-bond donors (Lipinski definition) is 2. The molecule has 0 unspecified atom stereocenters. The largest absolute Gasteiger partial charge is 0.497 e. The van der Waals surface area contributed by atoms with E-state index in [0.29, 0.717) is 28.1 Å². The Morgan fingerprint density at radius 3 is 2.52 bits per heavy atom. The number of ether oxygens (including phenoxy) is 3. The lowest BCUT2D eigenvalue weighted by Gasteiger charge is -2.11. The van der Waals surface area contributed by atoms with E-state index in [-0.39, 0.29) is 12.5 Å². The maximum absolute atomic E-state index is 12.3. The first-order valence-corrected chi connectivity index (χ1v) is 9.84. The molecule has 2 N–H and O–H groups in total. The van der Waals surface area contributed by atoms with Crippen molar-refractivity contribution in [1.29, 1.82) is 0 Å². The first-order valence-electron chi connectivity index (χ1n) is 9.46. The highest BCUT2D eigenvalue weighted by atomic mass is 35.5. The number of hydrogen-bond acceptors (Lipinski definition) is 5. The molecule has 0 saturated heterocycles. The van der Waals surface area contributed by atoms with Gasteiger partial charge in [0.25, 0.3) is 5.91 Å². The number of anilines is 1. The van der Waals surface area contributed by atoms with Gasteiger partial charge in [0, 0.05) is 22.0 Å². The first-order chi connectivity index (χ1) is 15.1. The van der Waals surface area contributed by atoms with E-state index in [9.17, 15) is 4.79 Å². The van der Waals surface area contributed by atoms with Gasteiger partial charge in [-0.15, -0.1) is 0 Å². The fourth-order valence-corrected chi connectivity index (χ4v) is 3.29. The molecule has 1 heterocycles. The number of benzene rings is 3. The minimum atomic E-state index is -0.316. The fraction of sp³-hybridized carbons (Fsp3) is 0.130. The fourth-order valence-electron chi connectivity index (χ4n) is 3.17. The van der Waals surface area contributed by atoms with Gasteiger partial charge in [0.05, 0.1) is 19.7 Å². The Kier molecular flexibility index (Phi) is 5.95. The minimum absolute atomic E-state index is 0.142. The van der Waals surface area contributed by atoms with Gasteiger partial charge in [-0.05, 0) is 54.1 Å². The summed E-state index contributed by atoms with van der Waals surface area (Å²) < 4.78 is 16.2. The summed E-state index contributed by atoms with van der Waals surface area (Å²) in [7, 11) is 3.23. The van der Waals surface area contributed by atoms with E-state index in [0.717, 1.165) is 22.0 Å². The van der Waals surface area contributed by atoms with Crippen molar-refractivity contribution in [2.45, 2.75) is 0 Å². The Morgan fingerprint density at radius 2 is 1.77 bits per heavy atom. The summed E-state index contributed by atoms with van der Waals surface area (Å²) in [5, 5.41) is 11.3.